The van der Waals surface area contributed by atoms with Gasteiger partial charge in [0.15, 0.2) is 12.6 Å². The van der Waals surface area contributed by atoms with Crippen LogP contribution >= 0.6 is 0 Å². The second kappa shape index (κ2) is 7.66. The van der Waals surface area contributed by atoms with Gasteiger partial charge in [0.05, 0.1) is 12.7 Å². The van der Waals surface area contributed by atoms with Crippen LogP contribution in [-0.4, -0.2) is 106 Å². The van der Waals surface area contributed by atoms with Crippen LogP contribution in [0.3, 0.4) is 0 Å². The molecule has 0 aliphatic carbocycles. The van der Waals surface area contributed by atoms with Crippen LogP contribution in [0.15, 0.2) is 0 Å². The van der Waals surface area contributed by atoms with Gasteiger partial charge in [-0.3, -0.25) is 0 Å². The molecule has 6 N–H and O–H groups in total. The molecule has 2 rings (SSSR count). The number of rotatable bonds is 4. The molecular formula is C13H24O10. The van der Waals surface area contributed by atoms with E-state index in [1.807, 2.05) is 0 Å². The molecule has 2 saturated heterocycles. The summed E-state index contributed by atoms with van der Waals surface area (Å²) in [6.45, 7) is 0.918. The highest BCUT2D eigenvalue weighted by Gasteiger charge is 2.49. The van der Waals surface area contributed by atoms with E-state index in [9.17, 15) is 25.5 Å². The zero-order chi connectivity index (χ0) is 17.3. The van der Waals surface area contributed by atoms with Crippen LogP contribution in [0.1, 0.15) is 6.92 Å². The maximum Gasteiger partial charge on any atom is 0.187 e. The van der Waals surface area contributed by atoms with Crippen LogP contribution in [-0.2, 0) is 18.9 Å². The van der Waals surface area contributed by atoms with Crippen LogP contribution in [0.2, 0.25) is 0 Å². The molecule has 2 fully saturated rings. The first-order valence-corrected chi connectivity index (χ1v) is 7.32. The van der Waals surface area contributed by atoms with Crippen molar-refractivity contribution in [1.29, 1.82) is 0 Å². The van der Waals surface area contributed by atoms with Crippen LogP contribution in [0.4, 0.5) is 0 Å². The van der Waals surface area contributed by atoms with Gasteiger partial charge in [0.2, 0.25) is 0 Å². The molecule has 10 heteroatoms. The van der Waals surface area contributed by atoms with Crippen molar-refractivity contribution in [2.45, 2.75) is 68.3 Å². The Morgan fingerprint density at radius 2 is 1.48 bits per heavy atom. The molecule has 0 radical (unpaired) electrons. The first-order valence-electron chi connectivity index (χ1n) is 7.32. The Kier molecular flexibility index (Phi) is 6.30. The molecule has 0 aromatic carbocycles. The van der Waals surface area contributed by atoms with Crippen molar-refractivity contribution in [2.24, 2.45) is 0 Å². The van der Waals surface area contributed by atoms with Crippen molar-refractivity contribution in [3.8, 4) is 0 Å². The van der Waals surface area contributed by atoms with Crippen LogP contribution in [0, 0.1) is 0 Å². The monoisotopic (exact) mass is 340 g/mol. The Morgan fingerprint density at radius 3 is 2.04 bits per heavy atom. The molecule has 10 atom stereocenters. The number of methoxy groups -OCH3 is 1. The molecule has 136 valence electrons. The summed E-state index contributed by atoms with van der Waals surface area (Å²) in [5.41, 5.74) is 0. The fourth-order valence-electron chi connectivity index (χ4n) is 2.74. The van der Waals surface area contributed by atoms with E-state index in [0.29, 0.717) is 0 Å². The number of hydrogen-bond donors (Lipinski definition) is 6. The van der Waals surface area contributed by atoms with E-state index in [4.69, 9.17) is 24.1 Å². The lowest BCUT2D eigenvalue weighted by Gasteiger charge is -2.45. The van der Waals surface area contributed by atoms with Gasteiger partial charge in [0.1, 0.15) is 42.7 Å². The summed E-state index contributed by atoms with van der Waals surface area (Å²) in [7, 11) is 1.27. The van der Waals surface area contributed by atoms with Crippen molar-refractivity contribution in [3.05, 3.63) is 0 Å². The lowest BCUT2D eigenvalue weighted by Crippen LogP contribution is -2.63. The predicted octanol–water partition coefficient (Wildman–Crippen LogP) is -3.72. The molecular weight excluding hydrogens is 316 g/mol. The zero-order valence-corrected chi connectivity index (χ0v) is 12.8. The summed E-state index contributed by atoms with van der Waals surface area (Å²) in [6.07, 6.45) is -12.8. The second-order valence-electron chi connectivity index (χ2n) is 5.72. The van der Waals surface area contributed by atoms with Gasteiger partial charge >= 0.3 is 0 Å². The van der Waals surface area contributed by atoms with Crippen molar-refractivity contribution in [1.82, 2.24) is 0 Å². The number of ether oxygens (including phenoxy) is 4. The van der Waals surface area contributed by atoms with E-state index in [0.717, 1.165) is 0 Å². The van der Waals surface area contributed by atoms with Crippen molar-refractivity contribution in [3.63, 3.8) is 0 Å². The molecule has 2 aliphatic heterocycles. The average Bonchev–Trinajstić information content (AvgIpc) is 2.53. The Bertz CT molecular complexity index is 382. The second-order valence-corrected chi connectivity index (χ2v) is 5.72. The van der Waals surface area contributed by atoms with Gasteiger partial charge in [-0.05, 0) is 6.92 Å². The highest BCUT2D eigenvalue weighted by molar-refractivity contribution is 4.93. The Balaban J connectivity index is 2.10. The number of aliphatic hydroxyl groups excluding tert-OH is 6. The van der Waals surface area contributed by atoms with Gasteiger partial charge in [0.25, 0.3) is 0 Å². The van der Waals surface area contributed by atoms with E-state index < -0.39 is 68.0 Å². The van der Waals surface area contributed by atoms with Gasteiger partial charge < -0.3 is 49.6 Å². The molecule has 10 nitrogen and oxygen atoms in total. The van der Waals surface area contributed by atoms with Crippen LogP contribution in [0.5, 0.6) is 0 Å². The van der Waals surface area contributed by atoms with Gasteiger partial charge in [-0.1, -0.05) is 0 Å². The highest BCUT2D eigenvalue weighted by Crippen LogP contribution is 2.29. The Labute approximate surface area is 132 Å². The lowest BCUT2D eigenvalue weighted by atomic mass is 9.97. The molecule has 0 saturated carbocycles. The maximum atomic E-state index is 10.0. The van der Waals surface area contributed by atoms with E-state index in [1.165, 1.54) is 14.0 Å². The first-order chi connectivity index (χ1) is 10.8. The lowest BCUT2D eigenvalue weighted by molar-refractivity contribution is -0.360. The van der Waals surface area contributed by atoms with Crippen molar-refractivity contribution >= 4 is 0 Å². The predicted molar refractivity (Wildman–Crippen MR) is 72.0 cm³/mol. The van der Waals surface area contributed by atoms with Crippen molar-refractivity contribution in [2.75, 3.05) is 13.7 Å². The molecule has 0 unspecified atom stereocenters. The Hall–Kier alpha value is -0.400. The fraction of sp³-hybridized carbons (Fsp3) is 1.00. The number of aliphatic hydroxyl groups is 6. The molecule has 0 aromatic heterocycles. The summed E-state index contributed by atoms with van der Waals surface area (Å²) in [4.78, 5) is 0. The Morgan fingerprint density at radius 1 is 0.870 bits per heavy atom. The summed E-state index contributed by atoms with van der Waals surface area (Å²) in [5.74, 6) is 0. The van der Waals surface area contributed by atoms with E-state index >= 15 is 0 Å². The normalized spacial score (nSPS) is 51.7. The maximum absolute atomic E-state index is 10.0. The quantitative estimate of drug-likeness (QED) is 0.300. The molecule has 0 aromatic rings. The summed E-state index contributed by atoms with van der Waals surface area (Å²) in [6, 6.07) is 0. The first kappa shape index (κ1) is 18.9. The highest BCUT2D eigenvalue weighted by atomic mass is 16.7. The van der Waals surface area contributed by atoms with Crippen LogP contribution in [0.25, 0.3) is 0 Å². The van der Waals surface area contributed by atoms with Crippen molar-refractivity contribution < 1.29 is 49.6 Å². The molecule has 23 heavy (non-hydrogen) atoms. The van der Waals surface area contributed by atoms with E-state index in [1.54, 1.807) is 0 Å². The summed E-state index contributed by atoms with van der Waals surface area (Å²) in [5, 5.41) is 58.6. The minimum atomic E-state index is -1.63. The summed E-state index contributed by atoms with van der Waals surface area (Å²) < 4.78 is 20.8. The minimum Gasteiger partial charge on any atom is -0.394 e. The summed E-state index contributed by atoms with van der Waals surface area (Å²) >= 11 is 0. The third-order valence-electron chi connectivity index (χ3n) is 4.19. The van der Waals surface area contributed by atoms with Gasteiger partial charge in [-0.2, -0.15) is 0 Å². The van der Waals surface area contributed by atoms with E-state index in [2.05, 4.69) is 0 Å². The van der Waals surface area contributed by atoms with Gasteiger partial charge in [-0.15, -0.1) is 0 Å². The number of hydrogen-bond acceptors (Lipinski definition) is 10. The zero-order valence-electron chi connectivity index (χ0n) is 12.8. The topological polar surface area (TPSA) is 158 Å². The van der Waals surface area contributed by atoms with Gasteiger partial charge in [0, 0.05) is 7.11 Å². The largest absolute Gasteiger partial charge is 0.394 e. The molecule has 0 bridgehead atoms. The van der Waals surface area contributed by atoms with E-state index in [-0.39, 0.29) is 0 Å². The fourth-order valence-corrected chi connectivity index (χ4v) is 2.74. The molecule has 0 amide bonds. The average molecular weight is 340 g/mol. The molecule has 0 spiro atoms. The minimum absolute atomic E-state index is 0.593. The van der Waals surface area contributed by atoms with Crippen LogP contribution < -0.4 is 0 Å². The smallest absolute Gasteiger partial charge is 0.187 e. The SMILES string of the molecule is CO[C@@H]1[C@H](O[C@@H]2[C@@H](O)[C@@H](O)[C@@H](CO)O[C@H]2O)O[C@@H](C)[C@@H](O)[C@H]1O. The standard InChI is InChI=1S/C13H24O10/c1-4-6(15)8(17)11(20-2)13(21-4)23-10-9(18)7(16)5(3-14)22-12(10)19/h4-19H,3H2,1-2H3/t4-,5+,6+,7-,8+,9-,10+,11-,12+,13-/m0/s1. The molecule has 2 heterocycles. The third-order valence-corrected chi connectivity index (χ3v) is 4.19. The van der Waals surface area contributed by atoms with Gasteiger partial charge in [-0.25, -0.2) is 0 Å². The third kappa shape index (κ3) is 3.66. The molecule has 2 aliphatic rings.